The standard InChI is InChI=1S/C25H27F3N6O2/c1-2-33-10-7-16(8-11-33)21(35)31-32-22(36)23-13-24(23,25(26,27)28)15-34(14-23)19-6-5-17(12-29)20-18(19)4-3-9-30-20/h3-6,9,16H,2,7-8,10-11,13-15H2,1H3,(H,31,35)(H,32,36)/t23-,24-/m0/s1. The summed E-state index contributed by atoms with van der Waals surface area (Å²) in [6.07, 6.45) is -2.13. The Hall–Kier alpha value is -3.39. The summed E-state index contributed by atoms with van der Waals surface area (Å²) in [5.74, 6) is -1.47. The Morgan fingerprint density at radius 3 is 2.61 bits per heavy atom. The second kappa shape index (κ2) is 8.62. The Bertz CT molecular complexity index is 1250. The second-order valence-electron chi connectivity index (χ2n) is 9.99. The minimum atomic E-state index is -4.60. The van der Waals surface area contributed by atoms with Crippen LogP contribution in [0.5, 0.6) is 0 Å². The maximum absolute atomic E-state index is 14.3. The van der Waals surface area contributed by atoms with Crippen LogP contribution in [0.25, 0.3) is 10.9 Å². The van der Waals surface area contributed by atoms with Crippen molar-refractivity contribution in [3.63, 3.8) is 0 Å². The van der Waals surface area contributed by atoms with Crippen molar-refractivity contribution in [1.82, 2.24) is 20.7 Å². The Balaban J connectivity index is 1.35. The van der Waals surface area contributed by atoms with Crippen LogP contribution in [-0.2, 0) is 9.59 Å². The van der Waals surface area contributed by atoms with E-state index in [-0.39, 0.29) is 31.3 Å². The minimum Gasteiger partial charge on any atom is -0.369 e. The van der Waals surface area contributed by atoms with Gasteiger partial charge in [-0.25, -0.2) is 0 Å². The lowest BCUT2D eigenvalue weighted by Crippen LogP contribution is -2.51. The van der Waals surface area contributed by atoms with Gasteiger partial charge in [0.1, 0.15) is 11.5 Å². The van der Waals surface area contributed by atoms with Crippen LogP contribution in [0.4, 0.5) is 18.9 Å². The fourth-order valence-corrected chi connectivity index (χ4v) is 5.97. The number of nitriles is 1. The van der Waals surface area contributed by atoms with Gasteiger partial charge in [-0.05, 0) is 63.2 Å². The van der Waals surface area contributed by atoms with Crippen molar-refractivity contribution in [1.29, 1.82) is 5.26 Å². The molecule has 0 spiro atoms. The van der Waals surface area contributed by atoms with Gasteiger partial charge in [0.2, 0.25) is 11.8 Å². The molecule has 2 aliphatic heterocycles. The molecule has 8 nitrogen and oxygen atoms in total. The van der Waals surface area contributed by atoms with E-state index in [1.807, 2.05) is 6.92 Å². The monoisotopic (exact) mass is 500 g/mol. The molecular weight excluding hydrogens is 473 g/mol. The average Bonchev–Trinajstić information content (AvgIpc) is 3.43. The number of hydrogen-bond donors (Lipinski definition) is 2. The molecule has 3 fully saturated rings. The molecule has 0 bridgehead atoms. The molecule has 2 aromatic rings. The summed E-state index contributed by atoms with van der Waals surface area (Å²) in [4.78, 5) is 33.8. The van der Waals surface area contributed by atoms with Gasteiger partial charge in [0.15, 0.2) is 0 Å². The highest BCUT2D eigenvalue weighted by Crippen LogP contribution is 2.75. The number of piperidine rings is 2. The number of benzene rings is 1. The number of amides is 2. The maximum Gasteiger partial charge on any atom is 0.397 e. The number of nitrogens with zero attached hydrogens (tertiary/aromatic N) is 4. The Morgan fingerprint density at radius 2 is 1.94 bits per heavy atom. The molecule has 1 aromatic carbocycles. The van der Waals surface area contributed by atoms with Gasteiger partial charge in [0.05, 0.1) is 16.5 Å². The van der Waals surface area contributed by atoms with Crippen molar-refractivity contribution in [2.24, 2.45) is 16.7 Å². The lowest BCUT2D eigenvalue weighted by Gasteiger charge is -2.30. The highest BCUT2D eigenvalue weighted by molar-refractivity contribution is 5.97. The summed E-state index contributed by atoms with van der Waals surface area (Å²) < 4.78 is 43.0. The average molecular weight is 501 g/mol. The molecule has 2 amide bonds. The fourth-order valence-electron chi connectivity index (χ4n) is 5.97. The van der Waals surface area contributed by atoms with Crippen LogP contribution >= 0.6 is 0 Å². The number of alkyl halides is 3. The predicted molar refractivity (Wildman–Crippen MR) is 125 cm³/mol. The molecule has 3 heterocycles. The van der Waals surface area contributed by atoms with Crippen molar-refractivity contribution in [2.45, 2.75) is 32.4 Å². The van der Waals surface area contributed by atoms with Crippen molar-refractivity contribution < 1.29 is 22.8 Å². The minimum absolute atomic E-state index is 0.154. The van der Waals surface area contributed by atoms with Gasteiger partial charge in [-0.3, -0.25) is 25.4 Å². The largest absolute Gasteiger partial charge is 0.397 e. The van der Waals surface area contributed by atoms with Crippen LogP contribution in [0.1, 0.15) is 31.7 Å². The molecule has 3 aliphatic rings. The van der Waals surface area contributed by atoms with Gasteiger partial charge in [0.25, 0.3) is 0 Å². The number of rotatable bonds is 4. The lowest BCUT2D eigenvalue weighted by molar-refractivity contribution is -0.191. The van der Waals surface area contributed by atoms with Gasteiger partial charge in [0, 0.05) is 36.3 Å². The first-order valence-corrected chi connectivity index (χ1v) is 12.1. The van der Waals surface area contributed by atoms with E-state index in [0.29, 0.717) is 35.0 Å². The summed E-state index contributed by atoms with van der Waals surface area (Å²) in [6.45, 7) is 3.94. The van der Waals surface area contributed by atoms with Crippen LogP contribution in [0.2, 0.25) is 0 Å². The van der Waals surface area contributed by atoms with E-state index < -0.39 is 22.9 Å². The van der Waals surface area contributed by atoms with Gasteiger partial charge < -0.3 is 9.80 Å². The summed E-state index contributed by atoms with van der Waals surface area (Å²) in [6, 6.07) is 8.56. The number of carbonyl (C=O) groups excluding carboxylic acids is 2. The van der Waals surface area contributed by atoms with Crippen molar-refractivity contribution in [3.05, 3.63) is 36.0 Å². The zero-order valence-corrected chi connectivity index (χ0v) is 19.9. The molecule has 2 N–H and O–H groups in total. The number of fused-ring (bicyclic) bond motifs is 2. The highest BCUT2D eigenvalue weighted by Gasteiger charge is 2.86. The fraction of sp³-hybridized carbons (Fsp3) is 0.520. The molecule has 11 heteroatoms. The summed E-state index contributed by atoms with van der Waals surface area (Å²) in [5, 5.41) is 9.94. The maximum atomic E-state index is 14.3. The molecule has 2 saturated heterocycles. The number of pyridine rings is 1. The lowest BCUT2D eigenvalue weighted by atomic mass is 9.94. The Labute approximate surface area is 206 Å². The first-order valence-electron chi connectivity index (χ1n) is 12.1. The summed E-state index contributed by atoms with van der Waals surface area (Å²) >= 11 is 0. The van der Waals surface area contributed by atoms with E-state index in [2.05, 4.69) is 26.8 Å². The first kappa shape index (κ1) is 24.3. The SMILES string of the molecule is CCN1CCC(C(=O)NNC(=O)[C@]23CN(c4ccc(C#N)c5ncccc45)C[C@@]2(C(F)(F)F)C3)CC1. The third-order valence-electron chi connectivity index (χ3n) is 8.21. The van der Waals surface area contributed by atoms with Crippen molar-refractivity contribution in [2.75, 3.05) is 37.6 Å². The third-order valence-corrected chi connectivity index (χ3v) is 8.21. The van der Waals surface area contributed by atoms with Crippen LogP contribution in [0, 0.1) is 28.1 Å². The number of carbonyl (C=O) groups is 2. The van der Waals surface area contributed by atoms with Crippen LogP contribution in [0.15, 0.2) is 30.5 Å². The highest BCUT2D eigenvalue weighted by atomic mass is 19.4. The molecule has 1 aromatic heterocycles. The number of nitrogens with one attached hydrogen (secondary N) is 2. The topological polar surface area (TPSA) is 101 Å². The van der Waals surface area contributed by atoms with Gasteiger partial charge in [-0.1, -0.05) is 6.92 Å². The second-order valence-corrected chi connectivity index (χ2v) is 9.99. The normalized spacial score (nSPS) is 26.4. The van der Waals surface area contributed by atoms with E-state index in [4.69, 9.17) is 0 Å². The number of anilines is 1. The molecule has 1 aliphatic carbocycles. The third kappa shape index (κ3) is 3.66. The van der Waals surface area contributed by atoms with Crippen molar-refractivity contribution in [3.8, 4) is 6.07 Å². The molecule has 190 valence electrons. The van der Waals surface area contributed by atoms with Gasteiger partial charge in [-0.2, -0.15) is 18.4 Å². The predicted octanol–water partition coefficient (Wildman–Crippen LogP) is 2.74. The van der Waals surface area contributed by atoms with E-state index >= 15 is 0 Å². The van der Waals surface area contributed by atoms with Gasteiger partial charge >= 0.3 is 6.18 Å². The summed E-state index contributed by atoms with van der Waals surface area (Å²) in [7, 11) is 0. The van der Waals surface area contributed by atoms with E-state index in [1.54, 1.807) is 23.1 Å². The van der Waals surface area contributed by atoms with Crippen LogP contribution in [0.3, 0.4) is 0 Å². The Morgan fingerprint density at radius 1 is 1.19 bits per heavy atom. The Kier molecular flexibility index (Phi) is 5.82. The number of likely N-dealkylation sites (tertiary alicyclic amines) is 1. The van der Waals surface area contributed by atoms with E-state index in [9.17, 15) is 28.0 Å². The van der Waals surface area contributed by atoms with Gasteiger partial charge in [-0.15, -0.1) is 0 Å². The number of hydrogen-bond acceptors (Lipinski definition) is 6. The van der Waals surface area contributed by atoms with E-state index in [1.165, 1.54) is 12.3 Å². The zero-order chi connectivity index (χ0) is 25.7. The zero-order valence-electron chi connectivity index (χ0n) is 19.9. The molecular formula is C25H27F3N6O2. The molecule has 1 saturated carbocycles. The van der Waals surface area contributed by atoms with Crippen LogP contribution < -0.4 is 15.8 Å². The van der Waals surface area contributed by atoms with Crippen LogP contribution in [-0.4, -0.2) is 60.6 Å². The molecule has 0 radical (unpaired) electrons. The number of aromatic nitrogens is 1. The smallest absolute Gasteiger partial charge is 0.369 e. The van der Waals surface area contributed by atoms with Crippen molar-refractivity contribution >= 4 is 28.4 Å². The number of halogens is 3. The quantitative estimate of drug-likeness (QED) is 0.627. The number of hydrazine groups is 1. The molecule has 36 heavy (non-hydrogen) atoms. The summed E-state index contributed by atoms with van der Waals surface area (Å²) in [5.41, 5.74) is 2.02. The van der Waals surface area contributed by atoms with E-state index in [0.717, 1.165) is 19.6 Å². The molecule has 0 unspecified atom stereocenters. The molecule has 2 atom stereocenters. The molecule has 5 rings (SSSR count). The first-order chi connectivity index (χ1) is 17.2.